The first kappa shape index (κ1) is 15.4. The van der Waals surface area contributed by atoms with Crippen molar-refractivity contribution in [2.24, 2.45) is 11.8 Å². The maximum atomic E-state index is 11.5. The average molecular weight is 255 g/mol. The third-order valence-electron chi connectivity index (χ3n) is 3.56. The molecule has 1 heterocycles. The first-order valence-corrected chi connectivity index (χ1v) is 7.24. The Morgan fingerprint density at radius 3 is 2.61 bits per heavy atom. The predicted octanol–water partition coefficient (Wildman–Crippen LogP) is 1.08. The number of hydrogen-bond donors (Lipinski definition) is 2. The Labute approximate surface area is 111 Å². The normalized spacial score (nSPS) is 18.2. The summed E-state index contributed by atoms with van der Waals surface area (Å²) in [5, 5.41) is 6.16. The molecular formula is C14H29N3O. The zero-order chi connectivity index (χ0) is 13.4. The molecule has 106 valence electrons. The maximum Gasteiger partial charge on any atom is 0.233 e. The highest BCUT2D eigenvalue weighted by molar-refractivity contribution is 5.77. The van der Waals surface area contributed by atoms with E-state index in [0.29, 0.717) is 12.5 Å². The van der Waals surface area contributed by atoms with E-state index in [2.05, 4.69) is 36.4 Å². The number of carbonyl (C=O) groups is 1. The van der Waals surface area contributed by atoms with E-state index in [1.165, 1.54) is 32.4 Å². The zero-order valence-electron chi connectivity index (χ0n) is 12.2. The lowest BCUT2D eigenvalue weighted by molar-refractivity contribution is -0.120. The first-order chi connectivity index (χ1) is 8.58. The lowest BCUT2D eigenvalue weighted by atomic mass is 9.94. The van der Waals surface area contributed by atoms with Crippen LogP contribution in [0.15, 0.2) is 0 Å². The number of hydrogen-bond acceptors (Lipinski definition) is 3. The van der Waals surface area contributed by atoms with E-state index < -0.39 is 0 Å². The molecule has 0 spiro atoms. The molecule has 0 aromatic heterocycles. The lowest BCUT2D eigenvalue weighted by Crippen LogP contribution is -2.37. The summed E-state index contributed by atoms with van der Waals surface area (Å²) in [6.07, 6.45) is 3.81. The summed E-state index contributed by atoms with van der Waals surface area (Å²) in [7, 11) is 2.19. The van der Waals surface area contributed by atoms with Gasteiger partial charge in [0.05, 0.1) is 6.54 Å². The van der Waals surface area contributed by atoms with Gasteiger partial charge in [-0.15, -0.1) is 0 Å². The van der Waals surface area contributed by atoms with Crippen LogP contribution in [0.25, 0.3) is 0 Å². The summed E-state index contributed by atoms with van der Waals surface area (Å²) in [5.41, 5.74) is 0. The summed E-state index contributed by atoms with van der Waals surface area (Å²) in [5.74, 6) is 1.48. The van der Waals surface area contributed by atoms with Crippen LogP contribution in [0.4, 0.5) is 0 Å². The molecule has 0 radical (unpaired) electrons. The van der Waals surface area contributed by atoms with Gasteiger partial charge in [0, 0.05) is 6.54 Å². The van der Waals surface area contributed by atoms with Crippen molar-refractivity contribution < 1.29 is 4.79 Å². The number of amides is 1. The molecule has 1 amide bonds. The van der Waals surface area contributed by atoms with Gasteiger partial charge in [0.1, 0.15) is 0 Å². The number of rotatable bonds is 7. The molecule has 1 aliphatic rings. The molecular weight excluding hydrogens is 226 g/mol. The largest absolute Gasteiger partial charge is 0.355 e. The first-order valence-electron chi connectivity index (χ1n) is 7.24. The van der Waals surface area contributed by atoms with Gasteiger partial charge in [0.25, 0.3) is 0 Å². The highest BCUT2D eigenvalue weighted by Crippen LogP contribution is 2.18. The van der Waals surface area contributed by atoms with Crippen molar-refractivity contribution in [1.82, 2.24) is 15.5 Å². The Hall–Kier alpha value is -0.610. The van der Waals surface area contributed by atoms with E-state index in [0.717, 1.165) is 19.0 Å². The Balaban J connectivity index is 1.96. The number of piperidine rings is 1. The van der Waals surface area contributed by atoms with Gasteiger partial charge in [-0.2, -0.15) is 0 Å². The minimum absolute atomic E-state index is 0.118. The van der Waals surface area contributed by atoms with Crippen molar-refractivity contribution in [3.05, 3.63) is 0 Å². The minimum atomic E-state index is 0.118. The molecule has 0 saturated carbocycles. The number of nitrogens with zero attached hydrogens (tertiary/aromatic N) is 1. The topological polar surface area (TPSA) is 44.4 Å². The van der Waals surface area contributed by atoms with E-state index >= 15 is 0 Å². The van der Waals surface area contributed by atoms with Crippen LogP contribution in [0, 0.1) is 11.8 Å². The van der Waals surface area contributed by atoms with Crippen LogP contribution < -0.4 is 10.6 Å². The fourth-order valence-electron chi connectivity index (χ4n) is 2.24. The second-order valence-corrected chi connectivity index (χ2v) is 5.91. The quantitative estimate of drug-likeness (QED) is 0.669. The summed E-state index contributed by atoms with van der Waals surface area (Å²) in [4.78, 5) is 13.9. The molecule has 2 N–H and O–H groups in total. The van der Waals surface area contributed by atoms with Crippen LogP contribution in [0.5, 0.6) is 0 Å². The van der Waals surface area contributed by atoms with Gasteiger partial charge in [0.2, 0.25) is 5.91 Å². The average Bonchev–Trinajstić information content (AvgIpc) is 2.34. The monoisotopic (exact) mass is 255 g/mol. The van der Waals surface area contributed by atoms with Gasteiger partial charge >= 0.3 is 0 Å². The third-order valence-corrected chi connectivity index (χ3v) is 3.56. The standard InChI is InChI=1S/C14H29N3O/c1-12(2)10-16-14(18)11-15-7-4-13-5-8-17(3)9-6-13/h12-13,15H,4-11H2,1-3H3,(H,16,18). The highest BCUT2D eigenvalue weighted by Gasteiger charge is 2.15. The molecule has 4 nitrogen and oxygen atoms in total. The van der Waals surface area contributed by atoms with Crippen LogP contribution in [0.3, 0.4) is 0 Å². The SMILES string of the molecule is CC(C)CNC(=O)CNCCC1CCN(C)CC1. The number of nitrogens with one attached hydrogen (secondary N) is 2. The van der Waals surface area contributed by atoms with E-state index in [-0.39, 0.29) is 5.91 Å². The third kappa shape index (κ3) is 6.97. The lowest BCUT2D eigenvalue weighted by Gasteiger charge is -2.28. The van der Waals surface area contributed by atoms with Gasteiger partial charge in [-0.05, 0) is 57.8 Å². The highest BCUT2D eigenvalue weighted by atomic mass is 16.1. The van der Waals surface area contributed by atoms with E-state index in [9.17, 15) is 4.79 Å². The van der Waals surface area contributed by atoms with Gasteiger partial charge in [-0.25, -0.2) is 0 Å². The molecule has 0 unspecified atom stereocenters. The van der Waals surface area contributed by atoms with E-state index in [1.54, 1.807) is 0 Å². The smallest absolute Gasteiger partial charge is 0.233 e. The predicted molar refractivity (Wildman–Crippen MR) is 75.6 cm³/mol. The Morgan fingerprint density at radius 1 is 1.33 bits per heavy atom. The van der Waals surface area contributed by atoms with Gasteiger partial charge in [-0.3, -0.25) is 4.79 Å². The van der Waals surface area contributed by atoms with Crippen molar-refractivity contribution in [2.75, 3.05) is 39.8 Å². The van der Waals surface area contributed by atoms with Crippen molar-refractivity contribution in [2.45, 2.75) is 33.1 Å². The Kier molecular flexibility index (Phi) is 7.28. The Bertz CT molecular complexity index is 235. The van der Waals surface area contributed by atoms with Gasteiger partial charge in [0.15, 0.2) is 0 Å². The number of likely N-dealkylation sites (tertiary alicyclic amines) is 1. The van der Waals surface area contributed by atoms with Crippen LogP contribution in [0.1, 0.15) is 33.1 Å². The summed E-state index contributed by atoms with van der Waals surface area (Å²) in [6, 6.07) is 0. The number of carbonyl (C=O) groups excluding carboxylic acids is 1. The Morgan fingerprint density at radius 2 is 2.00 bits per heavy atom. The minimum Gasteiger partial charge on any atom is -0.355 e. The fourth-order valence-corrected chi connectivity index (χ4v) is 2.24. The molecule has 0 aliphatic carbocycles. The molecule has 0 aromatic carbocycles. The second kappa shape index (κ2) is 8.48. The summed E-state index contributed by atoms with van der Waals surface area (Å²) in [6.45, 7) is 8.85. The molecule has 4 heteroatoms. The van der Waals surface area contributed by atoms with Crippen LogP contribution in [-0.4, -0.2) is 50.6 Å². The molecule has 0 aromatic rings. The van der Waals surface area contributed by atoms with Crippen LogP contribution in [-0.2, 0) is 4.79 Å². The van der Waals surface area contributed by atoms with Gasteiger partial charge in [-0.1, -0.05) is 13.8 Å². The van der Waals surface area contributed by atoms with E-state index in [1.807, 2.05) is 0 Å². The molecule has 1 aliphatic heterocycles. The molecule has 0 bridgehead atoms. The van der Waals surface area contributed by atoms with Crippen molar-refractivity contribution in [3.63, 3.8) is 0 Å². The van der Waals surface area contributed by atoms with Crippen LogP contribution in [0.2, 0.25) is 0 Å². The molecule has 0 atom stereocenters. The molecule has 18 heavy (non-hydrogen) atoms. The summed E-state index contributed by atoms with van der Waals surface area (Å²) >= 11 is 0. The maximum absolute atomic E-state index is 11.5. The molecule has 1 saturated heterocycles. The van der Waals surface area contributed by atoms with Gasteiger partial charge < -0.3 is 15.5 Å². The molecule has 1 rings (SSSR count). The molecule has 1 fully saturated rings. The van der Waals surface area contributed by atoms with Crippen LogP contribution >= 0.6 is 0 Å². The summed E-state index contributed by atoms with van der Waals surface area (Å²) < 4.78 is 0. The second-order valence-electron chi connectivity index (χ2n) is 5.91. The van der Waals surface area contributed by atoms with E-state index in [4.69, 9.17) is 0 Å². The van der Waals surface area contributed by atoms with Crippen molar-refractivity contribution in [3.8, 4) is 0 Å². The van der Waals surface area contributed by atoms with Crippen molar-refractivity contribution >= 4 is 5.91 Å². The zero-order valence-corrected chi connectivity index (χ0v) is 12.2. The fraction of sp³-hybridized carbons (Fsp3) is 0.929. The van der Waals surface area contributed by atoms with Crippen molar-refractivity contribution in [1.29, 1.82) is 0 Å².